The van der Waals surface area contributed by atoms with Crippen molar-refractivity contribution >= 4 is 0 Å². The van der Waals surface area contributed by atoms with Crippen LogP contribution < -0.4 is 0 Å². The zero-order chi connectivity index (χ0) is 9.41. The maximum Gasteiger partial charge on any atom is 0.0953 e. The number of hydrogen-bond acceptors (Lipinski definition) is 2. The van der Waals surface area contributed by atoms with E-state index in [0.29, 0.717) is 0 Å². The van der Waals surface area contributed by atoms with Gasteiger partial charge in [0, 0.05) is 0 Å². The molecule has 2 heteroatoms. The highest BCUT2D eigenvalue weighted by atomic mass is 16.3. The number of rotatable bonds is 1. The van der Waals surface area contributed by atoms with Crippen LogP contribution in [-0.4, -0.2) is 22.4 Å². The second-order valence-electron chi connectivity index (χ2n) is 4.76. The largest absolute Gasteiger partial charge is 0.393 e. The highest BCUT2D eigenvalue weighted by Gasteiger charge is 2.48. The standard InChI is InChI=1S/C10H20O2/c1-8-5-4-6-9(2,3)10(8,12)7-11/h8,11-12H,4-7H2,1-3H3. The van der Waals surface area contributed by atoms with Crippen LogP contribution in [-0.2, 0) is 0 Å². The Morgan fingerprint density at radius 3 is 2.33 bits per heavy atom. The summed E-state index contributed by atoms with van der Waals surface area (Å²) in [7, 11) is 0. The van der Waals surface area contributed by atoms with E-state index in [9.17, 15) is 10.2 Å². The predicted molar refractivity (Wildman–Crippen MR) is 48.8 cm³/mol. The Bertz CT molecular complexity index is 165. The first kappa shape index (κ1) is 10.0. The Hall–Kier alpha value is -0.0800. The molecule has 0 heterocycles. The van der Waals surface area contributed by atoms with Crippen LogP contribution in [0.3, 0.4) is 0 Å². The van der Waals surface area contributed by atoms with Crippen LogP contribution in [0.1, 0.15) is 40.0 Å². The van der Waals surface area contributed by atoms with E-state index in [4.69, 9.17) is 0 Å². The lowest BCUT2D eigenvalue weighted by molar-refractivity contribution is -0.159. The Kier molecular flexibility index (Phi) is 2.50. The van der Waals surface area contributed by atoms with Crippen LogP contribution in [0.15, 0.2) is 0 Å². The van der Waals surface area contributed by atoms with Gasteiger partial charge in [-0.3, -0.25) is 0 Å². The molecule has 0 aromatic carbocycles. The maximum absolute atomic E-state index is 10.2. The summed E-state index contributed by atoms with van der Waals surface area (Å²) in [6.07, 6.45) is 3.20. The van der Waals surface area contributed by atoms with Crippen molar-refractivity contribution in [3.63, 3.8) is 0 Å². The third kappa shape index (κ3) is 1.27. The van der Waals surface area contributed by atoms with Crippen molar-refractivity contribution in [1.82, 2.24) is 0 Å². The first-order chi connectivity index (χ1) is 5.44. The van der Waals surface area contributed by atoms with Gasteiger partial charge < -0.3 is 10.2 Å². The predicted octanol–water partition coefficient (Wildman–Crippen LogP) is 1.56. The van der Waals surface area contributed by atoms with Crippen molar-refractivity contribution in [2.24, 2.45) is 11.3 Å². The summed E-state index contributed by atoms with van der Waals surface area (Å²) in [5.74, 6) is 0.214. The zero-order valence-corrected chi connectivity index (χ0v) is 8.30. The Morgan fingerprint density at radius 1 is 1.42 bits per heavy atom. The highest BCUT2D eigenvalue weighted by molar-refractivity contribution is 4.99. The molecule has 0 amide bonds. The van der Waals surface area contributed by atoms with Gasteiger partial charge in [-0.1, -0.05) is 27.2 Å². The molecule has 12 heavy (non-hydrogen) atoms. The van der Waals surface area contributed by atoms with E-state index in [1.54, 1.807) is 0 Å². The van der Waals surface area contributed by atoms with Crippen molar-refractivity contribution in [3.05, 3.63) is 0 Å². The maximum atomic E-state index is 10.2. The van der Waals surface area contributed by atoms with Crippen molar-refractivity contribution < 1.29 is 10.2 Å². The molecule has 0 radical (unpaired) electrons. The molecule has 0 saturated heterocycles. The third-order valence-electron chi connectivity index (χ3n) is 3.67. The minimum atomic E-state index is -0.870. The summed E-state index contributed by atoms with van der Waals surface area (Å²) in [6.45, 7) is 6.00. The molecule has 0 bridgehead atoms. The summed E-state index contributed by atoms with van der Waals surface area (Å²) in [6, 6.07) is 0. The highest BCUT2D eigenvalue weighted by Crippen LogP contribution is 2.46. The Balaban J connectivity index is 2.88. The van der Waals surface area contributed by atoms with Gasteiger partial charge in [-0.05, 0) is 24.2 Å². The molecule has 72 valence electrons. The molecule has 0 aromatic rings. The SMILES string of the molecule is CC1CCCC(C)(C)C1(O)CO. The van der Waals surface area contributed by atoms with Gasteiger partial charge in [-0.2, -0.15) is 0 Å². The summed E-state index contributed by atoms with van der Waals surface area (Å²) in [5.41, 5.74) is -1.01. The molecule has 0 spiro atoms. The molecule has 0 aliphatic heterocycles. The first-order valence-corrected chi connectivity index (χ1v) is 4.77. The van der Waals surface area contributed by atoms with E-state index in [1.165, 1.54) is 0 Å². The lowest BCUT2D eigenvalue weighted by atomic mass is 9.61. The van der Waals surface area contributed by atoms with E-state index >= 15 is 0 Å². The van der Waals surface area contributed by atoms with Gasteiger partial charge in [0.15, 0.2) is 0 Å². The van der Waals surface area contributed by atoms with Crippen molar-refractivity contribution in [3.8, 4) is 0 Å². The molecule has 2 N–H and O–H groups in total. The molecular formula is C10H20O2. The Labute approximate surface area is 74.6 Å². The second kappa shape index (κ2) is 3.00. The fourth-order valence-electron chi connectivity index (χ4n) is 2.34. The van der Waals surface area contributed by atoms with Gasteiger partial charge in [0.2, 0.25) is 0 Å². The molecule has 1 fully saturated rings. The lowest BCUT2D eigenvalue weighted by Crippen LogP contribution is -2.55. The summed E-state index contributed by atoms with van der Waals surface area (Å²) in [4.78, 5) is 0. The lowest BCUT2D eigenvalue weighted by Gasteiger charge is -2.49. The van der Waals surface area contributed by atoms with Crippen molar-refractivity contribution in [1.29, 1.82) is 0 Å². The van der Waals surface area contributed by atoms with E-state index in [1.807, 2.05) is 20.8 Å². The molecule has 1 rings (SSSR count). The van der Waals surface area contributed by atoms with Crippen molar-refractivity contribution in [2.75, 3.05) is 6.61 Å². The molecule has 2 unspecified atom stereocenters. The van der Waals surface area contributed by atoms with Gasteiger partial charge in [0.1, 0.15) is 0 Å². The van der Waals surface area contributed by atoms with Crippen LogP contribution >= 0.6 is 0 Å². The van der Waals surface area contributed by atoms with E-state index in [2.05, 4.69) is 0 Å². The van der Waals surface area contributed by atoms with Crippen LogP contribution in [0.2, 0.25) is 0 Å². The van der Waals surface area contributed by atoms with Crippen LogP contribution in [0.25, 0.3) is 0 Å². The van der Waals surface area contributed by atoms with Crippen LogP contribution in [0.4, 0.5) is 0 Å². The smallest absolute Gasteiger partial charge is 0.0953 e. The fraction of sp³-hybridized carbons (Fsp3) is 1.00. The fourth-order valence-corrected chi connectivity index (χ4v) is 2.34. The second-order valence-corrected chi connectivity index (χ2v) is 4.76. The van der Waals surface area contributed by atoms with E-state index < -0.39 is 5.60 Å². The van der Waals surface area contributed by atoms with Gasteiger partial charge in [-0.25, -0.2) is 0 Å². The molecule has 2 atom stereocenters. The normalized spacial score (nSPS) is 41.2. The van der Waals surface area contributed by atoms with Gasteiger partial charge in [-0.15, -0.1) is 0 Å². The van der Waals surface area contributed by atoms with Gasteiger partial charge in [0.25, 0.3) is 0 Å². The molecule has 0 aromatic heterocycles. The van der Waals surface area contributed by atoms with Crippen LogP contribution in [0.5, 0.6) is 0 Å². The Morgan fingerprint density at radius 2 is 2.00 bits per heavy atom. The molecule has 2 nitrogen and oxygen atoms in total. The molecular weight excluding hydrogens is 152 g/mol. The molecule has 1 saturated carbocycles. The average Bonchev–Trinajstić information content (AvgIpc) is 2.00. The van der Waals surface area contributed by atoms with E-state index in [-0.39, 0.29) is 17.9 Å². The zero-order valence-electron chi connectivity index (χ0n) is 8.30. The third-order valence-corrected chi connectivity index (χ3v) is 3.67. The average molecular weight is 172 g/mol. The molecule has 1 aliphatic carbocycles. The van der Waals surface area contributed by atoms with Gasteiger partial charge in [0.05, 0.1) is 12.2 Å². The summed E-state index contributed by atoms with van der Waals surface area (Å²) in [5, 5.41) is 19.4. The minimum absolute atomic E-state index is 0.110. The van der Waals surface area contributed by atoms with Crippen molar-refractivity contribution in [2.45, 2.75) is 45.6 Å². The quantitative estimate of drug-likeness (QED) is 0.630. The summed E-state index contributed by atoms with van der Waals surface area (Å²) >= 11 is 0. The number of aliphatic hydroxyl groups is 2. The molecule has 1 aliphatic rings. The number of aliphatic hydroxyl groups excluding tert-OH is 1. The van der Waals surface area contributed by atoms with Crippen LogP contribution in [0, 0.1) is 11.3 Å². The summed E-state index contributed by atoms with van der Waals surface area (Å²) < 4.78 is 0. The van der Waals surface area contributed by atoms with E-state index in [0.717, 1.165) is 19.3 Å². The topological polar surface area (TPSA) is 40.5 Å². The monoisotopic (exact) mass is 172 g/mol. The first-order valence-electron chi connectivity index (χ1n) is 4.77. The number of hydrogen-bond donors (Lipinski definition) is 2. The van der Waals surface area contributed by atoms with Gasteiger partial charge >= 0.3 is 0 Å². The minimum Gasteiger partial charge on any atom is -0.393 e.